The molecule has 2 aromatic heterocycles. The molecule has 23 heavy (non-hydrogen) atoms. The van der Waals surface area contributed by atoms with Gasteiger partial charge in [-0.05, 0) is 43.7 Å². The minimum atomic E-state index is -0.257. The summed E-state index contributed by atoms with van der Waals surface area (Å²) in [5.41, 5.74) is 3.30. The number of benzene rings is 1. The monoisotopic (exact) mass is 307 g/mol. The molecule has 0 radical (unpaired) electrons. The van der Waals surface area contributed by atoms with E-state index in [-0.39, 0.29) is 17.6 Å². The number of aryl methyl sites for hydroxylation is 1. The number of hydrogen-bond donors (Lipinski definition) is 1. The molecule has 1 N–H and O–H groups in total. The van der Waals surface area contributed by atoms with E-state index in [9.17, 15) is 4.79 Å². The van der Waals surface area contributed by atoms with E-state index in [2.05, 4.69) is 20.6 Å². The molecule has 6 heteroatoms. The molecule has 0 saturated heterocycles. The molecular formula is C17H17N5O. The van der Waals surface area contributed by atoms with Crippen molar-refractivity contribution in [2.24, 2.45) is 0 Å². The normalized spacial score (nSPS) is 11.9. The smallest absolute Gasteiger partial charge is 0.273 e. The van der Waals surface area contributed by atoms with Gasteiger partial charge in [0.2, 0.25) is 0 Å². The van der Waals surface area contributed by atoms with E-state index >= 15 is 0 Å². The highest BCUT2D eigenvalue weighted by Gasteiger charge is 2.15. The molecule has 3 rings (SSSR count). The fourth-order valence-corrected chi connectivity index (χ4v) is 2.20. The zero-order valence-corrected chi connectivity index (χ0v) is 13.0. The van der Waals surface area contributed by atoms with Gasteiger partial charge >= 0.3 is 0 Å². The minimum Gasteiger partial charge on any atom is -0.344 e. The van der Waals surface area contributed by atoms with Gasteiger partial charge in [-0.25, -0.2) is 4.68 Å². The molecule has 116 valence electrons. The first-order valence-corrected chi connectivity index (χ1v) is 7.33. The van der Waals surface area contributed by atoms with Crippen LogP contribution in [0.5, 0.6) is 0 Å². The fourth-order valence-electron chi connectivity index (χ4n) is 2.20. The molecular weight excluding hydrogens is 290 g/mol. The number of aromatic nitrogens is 4. The average Bonchev–Trinajstić information content (AvgIpc) is 3.06. The summed E-state index contributed by atoms with van der Waals surface area (Å²) in [4.78, 5) is 16.3. The first kappa shape index (κ1) is 14.9. The topological polar surface area (TPSA) is 72.7 Å². The van der Waals surface area contributed by atoms with Gasteiger partial charge < -0.3 is 5.32 Å². The third kappa shape index (κ3) is 3.42. The molecule has 0 bridgehead atoms. The summed E-state index contributed by atoms with van der Waals surface area (Å²) in [5.74, 6) is -0.257. The molecule has 0 fully saturated rings. The van der Waals surface area contributed by atoms with Gasteiger partial charge in [0.25, 0.3) is 5.91 Å². The first-order valence-electron chi connectivity index (χ1n) is 7.33. The van der Waals surface area contributed by atoms with Crippen molar-refractivity contribution in [3.8, 4) is 5.69 Å². The molecule has 3 aromatic rings. The van der Waals surface area contributed by atoms with Gasteiger partial charge in [-0.3, -0.25) is 9.78 Å². The molecule has 1 unspecified atom stereocenters. The Labute approximate surface area is 134 Å². The standard InChI is InChI=1S/C17H17N5O/c1-12-3-5-15(6-4-12)22-11-16(20-21-22)17(23)19-13(2)14-7-9-18-10-8-14/h3-11,13H,1-2H3,(H,19,23). The zero-order chi connectivity index (χ0) is 16.2. The van der Waals surface area contributed by atoms with Crippen LogP contribution in [0.2, 0.25) is 0 Å². The van der Waals surface area contributed by atoms with Crippen molar-refractivity contribution in [1.82, 2.24) is 25.3 Å². The lowest BCUT2D eigenvalue weighted by Gasteiger charge is -2.12. The van der Waals surface area contributed by atoms with Gasteiger partial charge in [-0.15, -0.1) is 5.10 Å². The third-order valence-electron chi connectivity index (χ3n) is 3.58. The second kappa shape index (κ2) is 6.39. The summed E-state index contributed by atoms with van der Waals surface area (Å²) in [6.45, 7) is 3.93. The highest BCUT2D eigenvalue weighted by Crippen LogP contribution is 2.12. The van der Waals surface area contributed by atoms with Crippen LogP contribution in [0.15, 0.2) is 55.0 Å². The van der Waals surface area contributed by atoms with E-state index in [0.717, 1.165) is 16.8 Å². The van der Waals surface area contributed by atoms with Gasteiger partial charge in [0.15, 0.2) is 5.69 Å². The highest BCUT2D eigenvalue weighted by atomic mass is 16.2. The number of nitrogens with zero attached hydrogens (tertiary/aromatic N) is 4. The molecule has 0 spiro atoms. The predicted octanol–water partition coefficient (Wildman–Crippen LogP) is 2.46. The van der Waals surface area contributed by atoms with Crippen LogP contribution in [0.25, 0.3) is 5.69 Å². The lowest BCUT2D eigenvalue weighted by molar-refractivity contribution is 0.0934. The number of pyridine rings is 1. The van der Waals surface area contributed by atoms with Crippen LogP contribution in [0.1, 0.15) is 34.6 Å². The van der Waals surface area contributed by atoms with Crippen molar-refractivity contribution in [3.05, 3.63) is 71.8 Å². The van der Waals surface area contributed by atoms with E-state index in [4.69, 9.17) is 0 Å². The van der Waals surface area contributed by atoms with Crippen molar-refractivity contribution in [3.63, 3.8) is 0 Å². The van der Waals surface area contributed by atoms with Crippen LogP contribution in [-0.4, -0.2) is 25.9 Å². The van der Waals surface area contributed by atoms with E-state index in [1.807, 2.05) is 50.2 Å². The number of nitrogens with one attached hydrogen (secondary N) is 1. The van der Waals surface area contributed by atoms with E-state index < -0.39 is 0 Å². The van der Waals surface area contributed by atoms with Crippen LogP contribution in [0.3, 0.4) is 0 Å². The van der Waals surface area contributed by atoms with Crippen molar-refractivity contribution in [2.75, 3.05) is 0 Å². The Kier molecular flexibility index (Phi) is 4.14. The van der Waals surface area contributed by atoms with Gasteiger partial charge in [0.1, 0.15) is 0 Å². The van der Waals surface area contributed by atoms with Crippen molar-refractivity contribution < 1.29 is 4.79 Å². The summed E-state index contributed by atoms with van der Waals surface area (Å²) >= 11 is 0. The van der Waals surface area contributed by atoms with Crippen molar-refractivity contribution in [2.45, 2.75) is 19.9 Å². The quantitative estimate of drug-likeness (QED) is 0.803. The van der Waals surface area contributed by atoms with Gasteiger partial charge in [0.05, 0.1) is 17.9 Å². The maximum atomic E-state index is 12.3. The van der Waals surface area contributed by atoms with Crippen LogP contribution in [0.4, 0.5) is 0 Å². The summed E-state index contributed by atoms with van der Waals surface area (Å²) in [5, 5.41) is 10.9. The van der Waals surface area contributed by atoms with E-state index in [1.54, 1.807) is 23.3 Å². The molecule has 0 aliphatic heterocycles. The summed E-state index contributed by atoms with van der Waals surface area (Å²) in [7, 11) is 0. The third-order valence-corrected chi connectivity index (χ3v) is 3.58. The molecule has 0 aliphatic carbocycles. The van der Waals surface area contributed by atoms with Crippen molar-refractivity contribution >= 4 is 5.91 Å². The molecule has 1 atom stereocenters. The Hall–Kier alpha value is -3.02. The summed E-state index contributed by atoms with van der Waals surface area (Å²) in [6, 6.07) is 11.5. The Balaban J connectivity index is 1.72. The van der Waals surface area contributed by atoms with Crippen LogP contribution < -0.4 is 5.32 Å². The van der Waals surface area contributed by atoms with Crippen LogP contribution >= 0.6 is 0 Å². The Morgan fingerprint density at radius 2 is 1.83 bits per heavy atom. The maximum Gasteiger partial charge on any atom is 0.273 e. The summed E-state index contributed by atoms with van der Waals surface area (Å²) in [6.07, 6.45) is 5.02. The number of hydrogen-bond acceptors (Lipinski definition) is 4. The van der Waals surface area contributed by atoms with E-state index in [0.29, 0.717) is 0 Å². The number of rotatable bonds is 4. The second-order valence-corrected chi connectivity index (χ2v) is 5.36. The Bertz CT molecular complexity index is 795. The van der Waals surface area contributed by atoms with Crippen molar-refractivity contribution in [1.29, 1.82) is 0 Å². The number of carbonyl (C=O) groups excluding carboxylic acids is 1. The lowest BCUT2D eigenvalue weighted by Crippen LogP contribution is -2.27. The number of carbonyl (C=O) groups is 1. The molecule has 6 nitrogen and oxygen atoms in total. The first-order chi connectivity index (χ1) is 11.1. The second-order valence-electron chi connectivity index (χ2n) is 5.36. The predicted molar refractivity (Wildman–Crippen MR) is 86.2 cm³/mol. The minimum absolute atomic E-state index is 0.130. The van der Waals surface area contributed by atoms with Gasteiger partial charge in [-0.2, -0.15) is 0 Å². The zero-order valence-electron chi connectivity index (χ0n) is 13.0. The van der Waals surface area contributed by atoms with E-state index in [1.165, 1.54) is 0 Å². The Morgan fingerprint density at radius 3 is 2.52 bits per heavy atom. The fraction of sp³-hybridized carbons (Fsp3) is 0.176. The van der Waals surface area contributed by atoms with Crippen LogP contribution in [0, 0.1) is 6.92 Å². The maximum absolute atomic E-state index is 12.3. The van der Waals surface area contributed by atoms with Gasteiger partial charge in [-0.1, -0.05) is 22.9 Å². The highest BCUT2D eigenvalue weighted by molar-refractivity contribution is 5.92. The molecule has 0 saturated carbocycles. The summed E-state index contributed by atoms with van der Waals surface area (Å²) < 4.78 is 1.59. The lowest BCUT2D eigenvalue weighted by atomic mass is 10.1. The molecule has 2 heterocycles. The number of amides is 1. The average molecular weight is 307 g/mol. The van der Waals surface area contributed by atoms with Gasteiger partial charge in [0, 0.05) is 12.4 Å². The SMILES string of the molecule is Cc1ccc(-n2cc(C(=O)NC(C)c3ccncc3)nn2)cc1. The molecule has 0 aliphatic rings. The largest absolute Gasteiger partial charge is 0.344 e. The molecule has 1 amide bonds. The van der Waals surface area contributed by atoms with Crippen LogP contribution in [-0.2, 0) is 0 Å². The Morgan fingerprint density at radius 1 is 1.13 bits per heavy atom. The molecule has 1 aromatic carbocycles.